The van der Waals surface area contributed by atoms with Crippen molar-refractivity contribution < 1.29 is 9.18 Å². The zero-order valence-corrected chi connectivity index (χ0v) is 13.6. The van der Waals surface area contributed by atoms with Crippen molar-refractivity contribution in [3.63, 3.8) is 0 Å². The van der Waals surface area contributed by atoms with Crippen LogP contribution < -0.4 is 5.32 Å². The number of urea groups is 1. The molecule has 1 aliphatic heterocycles. The first-order valence-electron chi connectivity index (χ1n) is 8.45. The van der Waals surface area contributed by atoms with Crippen molar-refractivity contribution in [2.75, 3.05) is 13.1 Å². The molecule has 0 aliphatic carbocycles. The maximum atomic E-state index is 13.2. The summed E-state index contributed by atoms with van der Waals surface area (Å²) >= 11 is 0. The summed E-state index contributed by atoms with van der Waals surface area (Å²) in [5.74, 6) is -0.286. The highest BCUT2D eigenvalue weighted by Crippen LogP contribution is 2.22. The van der Waals surface area contributed by atoms with Crippen LogP contribution in [0.15, 0.2) is 48.8 Å². The van der Waals surface area contributed by atoms with Crippen molar-refractivity contribution in [2.24, 2.45) is 0 Å². The Balaban J connectivity index is 1.82. The molecule has 2 aromatic rings. The van der Waals surface area contributed by atoms with Gasteiger partial charge in [0.25, 0.3) is 0 Å². The normalized spacial score (nSPS) is 16.3. The van der Waals surface area contributed by atoms with E-state index in [4.69, 9.17) is 0 Å². The van der Waals surface area contributed by atoms with E-state index in [1.165, 1.54) is 25.0 Å². The number of pyridine rings is 1. The molecule has 0 bridgehead atoms. The zero-order chi connectivity index (χ0) is 16.8. The molecule has 4 nitrogen and oxygen atoms in total. The first kappa shape index (κ1) is 16.4. The largest absolute Gasteiger partial charge is 0.327 e. The van der Waals surface area contributed by atoms with Crippen LogP contribution in [0.4, 0.5) is 9.18 Å². The van der Waals surface area contributed by atoms with Crippen LogP contribution in [-0.2, 0) is 0 Å². The van der Waals surface area contributed by atoms with Crippen LogP contribution in [0.2, 0.25) is 0 Å². The van der Waals surface area contributed by atoms with Crippen LogP contribution >= 0.6 is 0 Å². The van der Waals surface area contributed by atoms with Gasteiger partial charge in [-0.3, -0.25) is 4.98 Å². The molecule has 1 N–H and O–H groups in total. The summed E-state index contributed by atoms with van der Waals surface area (Å²) in [6.45, 7) is 1.58. The van der Waals surface area contributed by atoms with E-state index in [9.17, 15) is 9.18 Å². The summed E-state index contributed by atoms with van der Waals surface area (Å²) in [7, 11) is 0. The van der Waals surface area contributed by atoms with Crippen molar-refractivity contribution in [1.82, 2.24) is 15.2 Å². The van der Waals surface area contributed by atoms with Gasteiger partial charge in [-0.15, -0.1) is 0 Å². The molecule has 2 amide bonds. The average Bonchev–Trinajstić information content (AvgIpc) is 2.91. The number of rotatable bonds is 3. The van der Waals surface area contributed by atoms with Crippen LogP contribution in [0.25, 0.3) is 0 Å². The lowest BCUT2D eigenvalue weighted by Gasteiger charge is -2.26. The van der Waals surface area contributed by atoms with E-state index in [0.717, 1.165) is 37.1 Å². The first-order chi connectivity index (χ1) is 11.7. The summed E-state index contributed by atoms with van der Waals surface area (Å²) in [5.41, 5.74) is 1.78. The van der Waals surface area contributed by atoms with E-state index in [0.29, 0.717) is 0 Å². The molecule has 1 aromatic heterocycles. The van der Waals surface area contributed by atoms with Gasteiger partial charge in [-0.05, 0) is 48.2 Å². The zero-order valence-electron chi connectivity index (χ0n) is 13.6. The summed E-state index contributed by atoms with van der Waals surface area (Å²) < 4.78 is 13.2. The third-order valence-electron chi connectivity index (χ3n) is 4.40. The van der Waals surface area contributed by atoms with Crippen molar-refractivity contribution in [3.8, 4) is 0 Å². The Kier molecular flexibility index (Phi) is 5.41. The fraction of sp³-hybridized carbons (Fsp3) is 0.368. The topological polar surface area (TPSA) is 45.2 Å². The molecule has 1 unspecified atom stereocenters. The van der Waals surface area contributed by atoms with E-state index in [-0.39, 0.29) is 17.9 Å². The Morgan fingerprint density at radius 2 is 1.54 bits per heavy atom. The third kappa shape index (κ3) is 4.10. The predicted molar refractivity (Wildman–Crippen MR) is 91.1 cm³/mol. The van der Waals surface area contributed by atoms with Gasteiger partial charge in [-0.2, -0.15) is 0 Å². The van der Waals surface area contributed by atoms with Crippen molar-refractivity contribution in [2.45, 2.75) is 31.7 Å². The first-order valence-corrected chi connectivity index (χ1v) is 8.45. The molecule has 1 aromatic carbocycles. The minimum atomic E-state index is -0.315. The summed E-state index contributed by atoms with van der Waals surface area (Å²) in [6, 6.07) is 9.62. The monoisotopic (exact) mass is 327 g/mol. The Morgan fingerprint density at radius 1 is 0.958 bits per heavy atom. The van der Waals surface area contributed by atoms with E-state index >= 15 is 0 Å². The fourth-order valence-corrected chi connectivity index (χ4v) is 3.06. The molecule has 3 rings (SSSR count). The standard InChI is InChI=1S/C19H22FN3O/c20-17-7-5-15(6-8-17)18(16-9-11-21-12-10-16)22-19(24)23-13-3-1-2-4-14-23/h5-12,18H,1-4,13-14H2,(H,22,24). The quantitative estimate of drug-likeness (QED) is 0.929. The molecule has 1 aliphatic rings. The number of carbonyl (C=O) groups excluding carboxylic acids is 1. The van der Waals surface area contributed by atoms with Crippen LogP contribution in [-0.4, -0.2) is 29.0 Å². The number of nitrogens with zero attached hydrogens (tertiary/aromatic N) is 2. The van der Waals surface area contributed by atoms with Crippen LogP contribution in [0, 0.1) is 5.82 Å². The molecule has 0 radical (unpaired) electrons. The third-order valence-corrected chi connectivity index (χ3v) is 4.40. The minimum Gasteiger partial charge on any atom is -0.327 e. The number of carbonyl (C=O) groups is 1. The molecule has 5 heteroatoms. The molecule has 0 saturated carbocycles. The lowest BCUT2D eigenvalue weighted by molar-refractivity contribution is 0.197. The Morgan fingerprint density at radius 3 is 2.17 bits per heavy atom. The minimum absolute atomic E-state index is 0.0666. The highest BCUT2D eigenvalue weighted by molar-refractivity contribution is 5.75. The number of aromatic nitrogens is 1. The van der Waals surface area contributed by atoms with Gasteiger partial charge in [-0.25, -0.2) is 9.18 Å². The maximum Gasteiger partial charge on any atom is 0.318 e. The highest BCUT2D eigenvalue weighted by Gasteiger charge is 2.21. The van der Waals surface area contributed by atoms with Crippen molar-refractivity contribution in [3.05, 3.63) is 65.7 Å². The Bertz CT molecular complexity index is 652. The molecule has 1 saturated heterocycles. The number of halogens is 1. The number of hydrogen-bond donors (Lipinski definition) is 1. The number of likely N-dealkylation sites (tertiary alicyclic amines) is 1. The van der Waals surface area contributed by atoms with Gasteiger partial charge in [0.15, 0.2) is 0 Å². The molecule has 1 atom stereocenters. The van der Waals surface area contributed by atoms with E-state index in [1.807, 2.05) is 17.0 Å². The highest BCUT2D eigenvalue weighted by atomic mass is 19.1. The number of amides is 2. The Hall–Kier alpha value is -2.43. The molecule has 126 valence electrons. The summed E-state index contributed by atoms with van der Waals surface area (Å²) in [5, 5.41) is 3.10. The van der Waals surface area contributed by atoms with Crippen LogP contribution in [0.1, 0.15) is 42.9 Å². The smallest absolute Gasteiger partial charge is 0.318 e. The Labute approximate surface area is 141 Å². The lowest BCUT2D eigenvalue weighted by Crippen LogP contribution is -2.42. The van der Waals surface area contributed by atoms with Gasteiger partial charge in [0.05, 0.1) is 6.04 Å². The molecular weight excluding hydrogens is 305 g/mol. The van der Waals surface area contributed by atoms with Gasteiger partial charge in [0.1, 0.15) is 5.82 Å². The van der Waals surface area contributed by atoms with E-state index in [1.54, 1.807) is 24.5 Å². The van der Waals surface area contributed by atoms with E-state index < -0.39 is 0 Å². The van der Waals surface area contributed by atoms with Gasteiger partial charge in [0.2, 0.25) is 0 Å². The number of hydrogen-bond acceptors (Lipinski definition) is 2. The van der Waals surface area contributed by atoms with Gasteiger partial charge in [-0.1, -0.05) is 25.0 Å². The fourth-order valence-electron chi connectivity index (χ4n) is 3.06. The second-order valence-corrected chi connectivity index (χ2v) is 6.12. The maximum absolute atomic E-state index is 13.2. The predicted octanol–water partition coefficient (Wildman–Crippen LogP) is 3.90. The van der Waals surface area contributed by atoms with Crippen LogP contribution in [0.5, 0.6) is 0 Å². The second kappa shape index (κ2) is 7.90. The van der Waals surface area contributed by atoms with Crippen LogP contribution in [0.3, 0.4) is 0 Å². The molecule has 24 heavy (non-hydrogen) atoms. The summed E-state index contributed by atoms with van der Waals surface area (Å²) in [4.78, 5) is 18.6. The molecular formula is C19H22FN3O. The second-order valence-electron chi connectivity index (χ2n) is 6.12. The SMILES string of the molecule is O=C(NC(c1ccncc1)c1ccc(F)cc1)N1CCCCCC1. The molecule has 0 spiro atoms. The number of benzene rings is 1. The van der Waals surface area contributed by atoms with Gasteiger partial charge < -0.3 is 10.2 Å². The number of nitrogens with one attached hydrogen (secondary N) is 1. The van der Waals surface area contributed by atoms with Crippen molar-refractivity contribution >= 4 is 6.03 Å². The van der Waals surface area contributed by atoms with E-state index in [2.05, 4.69) is 10.3 Å². The molecule has 2 heterocycles. The average molecular weight is 327 g/mol. The summed E-state index contributed by atoms with van der Waals surface area (Å²) in [6.07, 6.45) is 7.84. The molecule has 1 fully saturated rings. The van der Waals surface area contributed by atoms with Gasteiger partial charge in [0, 0.05) is 25.5 Å². The lowest BCUT2D eigenvalue weighted by atomic mass is 10.00. The van der Waals surface area contributed by atoms with Gasteiger partial charge >= 0.3 is 6.03 Å². The van der Waals surface area contributed by atoms with Crippen molar-refractivity contribution in [1.29, 1.82) is 0 Å².